The van der Waals surface area contributed by atoms with Crippen LogP contribution in [-0.4, -0.2) is 34.3 Å². The van der Waals surface area contributed by atoms with Crippen molar-refractivity contribution in [2.24, 2.45) is 0 Å². The molecule has 1 aromatic carbocycles. The van der Waals surface area contributed by atoms with Crippen LogP contribution in [-0.2, 0) is 0 Å². The molecule has 0 aliphatic heterocycles. The van der Waals surface area contributed by atoms with Gasteiger partial charge in [0, 0.05) is 18.7 Å². The van der Waals surface area contributed by atoms with E-state index in [0.717, 1.165) is 0 Å². The first kappa shape index (κ1) is 15.4. The number of anilines is 1. The van der Waals surface area contributed by atoms with Crippen LogP contribution in [0.4, 0.5) is 11.4 Å². The van der Waals surface area contributed by atoms with E-state index in [4.69, 9.17) is 5.11 Å². The van der Waals surface area contributed by atoms with Crippen LogP contribution in [0, 0.1) is 10.1 Å². The number of hydrogen-bond donors (Lipinski definition) is 2. The lowest BCUT2D eigenvalue weighted by molar-refractivity contribution is -0.384. The van der Waals surface area contributed by atoms with Gasteiger partial charge in [-0.05, 0) is 32.4 Å². The van der Waals surface area contributed by atoms with Gasteiger partial charge in [-0.2, -0.15) is 0 Å². The minimum absolute atomic E-state index is 0.0308. The zero-order valence-corrected chi connectivity index (χ0v) is 11.4. The molecule has 0 unspecified atom stereocenters. The van der Waals surface area contributed by atoms with Crippen LogP contribution in [0.1, 0.15) is 32.4 Å². The summed E-state index contributed by atoms with van der Waals surface area (Å²) in [5.41, 5.74) is 0.905. The zero-order valence-electron chi connectivity index (χ0n) is 11.4. The fourth-order valence-electron chi connectivity index (χ4n) is 1.95. The maximum atomic E-state index is 11.2. The molecule has 0 aliphatic carbocycles. The van der Waals surface area contributed by atoms with Crippen LogP contribution < -0.4 is 4.90 Å². The molecule has 0 amide bonds. The molecule has 0 bridgehead atoms. The molecule has 0 radical (unpaired) electrons. The molecule has 0 saturated heterocycles. The van der Waals surface area contributed by atoms with E-state index in [0.29, 0.717) is 17.8 Å². The number of aliphatic hydroxyl groups is 2. The number of nitrogens with zero attached hydrogens (tertiary/aromatic N) is 2. The van der Waals surface area contributed by atoms with Crippen molar-refractivity contribution in [3.8, 4) is 0 Å². The van der Waals surface area contributed by atoms with Crippen LogP contribution >= 0.6 is 0 Å². The highest BCUT2D eigenvalue weighted by Gasteiger charge is 2.22. The predicted octanol–water partition coefficient (Wildman–Crippen LogP) is 1.86. The molecule has 106 valence electrons. The molecule has 1 atom stereocenters. The first-order valence-corrected chi connectivity index (χ1v) is 6.22. The number of hydrogen-bond acceptors (Lipinski definition) is 5. The maximum absolute atomic E-state index is 11.2. The summed E-state index contributed by atoms with van der Waals surface area (Å²) in [5.74, 6) is 0. The van der Waals surface area contributed by atoms with Gasteiger partial charge in [0.05, 0.1) is 17.6 Å². The van der Waals surface area contributed by atoms with Gasteiger partial charge in [-0.25, -0.2) is 0 Å². The molecule has 0 aliphatic rings. The SMILES string of the molecule is CC(C)N(CCO)c1ccc([C@@H](C)O)cc1[N+](=O)[O-]. The molecular weight excluding hydrogens is 248 g/mol. The van der Waals surface area contributed by atoms with Gasteiger partial charge < -0.3 is 15.1 Å². The number of rotatable bonds is 6. The molecule has 2 N–H and O–H groups in total. The molecule has 0 aromatic heterocycles. The van der Waals surface area contributed by atoms with E-state index in [1.807, 2.05) is 13.8 Å². The Kier molecular flexibility index (Phi) is 5.26. The Hall–Kier alpha value is -1.66. The lowest BCUT2D eigenvalue weighted by atomic mass is 10.1. The molecule has 0 fully saturated rings. The van der Waals surface area contributed by atoms with Crippen molar-refractivity contribution < 1.29 is 15.1 Å². The Balaban J connectivity index is 3.28. The predicted molar refractivity (Wildman–Crippen MR) is 73.3 cm³/mol. The maximum Gasteiger partial charge on any atom is 0.292 e. The fraction of sp³-hybridized carbons (Fsp3) is 0.538. The van der Waals surface area contributed by atoms with Gasteiger partial charge in [-0.15, -0.1) is 0 Å². The van der Waals surface area contributed by atoms with Crippen molar-refractivity contribution in [3.63, 3.8) is 0 Å². The van der Waals surface area contributed by atoms with Crippen LogP contribution in [0.3, 0.4) is 0 Å². The minimum Gasteiger partial charge on any atom is -0.395 e. The molecule has 0 spiro atoms. The Bertz CT molecular complexity index is 446. The second kappa shape index (κ2) is 6.49. The Morgan fingerprint density at radius 3 is 2.42 bits per heavy atom. The summed E-state index contributed by atoms with van der Waals surface area (Å²) in [6.45, 7) is 5.62. The van der Waals surface area contributed by atoms with Crippen LogP contribution in [0.25, 0.3) is 0 Å². The molecular formula is C13H20N2O4. The van der Waals surface area contributed by atoms with E-state index in [-0.39, 0.29) is 18.3 Å². The third kappa shape index (κ3) is 3.65. The van der Waals surface area contributed by atoms with Crippen molar-refractivity contribution >= 4 is 11.4 Å². The average Bonchev–Trinajstić information content (AvgIpc) is 2.34. The van der Waals surface area contributed by atoms with Crippen molar-refractivity contribution in [1.29, 1.82) is 0 Å². The summed E-state index contributed by atoms with van der Waals surface area (Å²) in [6, 6.07) is 4.70. The monoisotopic (exact) mass is 268 g/mol. The normalized spacial score (nSPS) is 12.5. The third-order valence-corrected chi connectivity index (χ3v) is 2.95. The highest BCUT2D eigenvalue weighted by atomic mass is 16.6. The van der Waals surface area contributed by atoms with Crippen LogP contribution in [0.2, 0.25) is 0 Å². The largest absolute Gasteiger partial charge is 0.395 e. The van der Waals surface area contributed by atoms with Crippen molar-refractivity contribution in [3.05, 3.63) is 33.9 Å². The summed E-state index contributed by atoms with van der Waals surface area (Å²) in [6.07, 6.45) is -0.752. The Labute approximate surface area is 112 Å². The van der Waals surface area contributed by atoms with Crippen molar-refractivity contribution in [2.45, 2.75) is 32.9 Å². The first-order valence-electron chi connectivity index (χ1n) is 6.22. The number of nitro groups is 1. The number of benzene rings is 1. The molecule has 1 rings (SSSR count). The van der Waals surface area contributed by atoms with Crippen LogP contribution in [0.15, 0.2) is 18.2 Å². The average molecular weight is 268 g/mol. The molecule has 19 heavy (non-hydrogen) atoms. The van der Waals surface area contributed by atoms with Gasteiger partial charge in [0.1, 0.15) is 5.69 Å². The Morgan fingerprint density at radius 2 is 2.00 bits per heavy atom. The highest BCUT2D eigenvalue weighted by Crippen LogP contribution is 2.32. The van der Waals surface area contributed by atoms with E-state index < -0.39 is 11.0 Å². The van der Waals surface area contributed by atoms with Gasteiger partial charge in [-0.1, -0.05) is 6.07 Å². The number of nitro benzene ring substituents is 1. The lowest BCUT2D eigenvalue weighted by Crippen LogP contribution is -2.33. The molecule has 0 saturated carbocycles. The lowest BCUT2D eigenvalue weighted by Gasteiger charge is -2.28. The summed E-state index contributed by atoms with van der Waals surface area (Å²) in [7, 11) is 0. The molecule has 0 heterocycles. The smallest absolute Gasteiger partial charge is 0.292 e. The van der Waals surface area contributed by atoms with Gasteiger partial charge in [-0.3, -0.25) is 10.1 Å². The summed E-state index contributed by atoms with van der Waals surface area (Å²) in [5, 5.41) is 29.7. The minimum atomic E-state index is -0.752. The second-order valence-electron chi connectivity index (χ2n) is 4.69. The first-order chi connectivity index (χ1) is 8.88. The highest BCUT2D eigenvalue weighted by molar-refractivity contribution is 5.65. The molecule has 1 aromatic rings. The van der Waals surface area contributed by atoms with Gasteiger partial charge in [0.15, 0.2) is 0 Å². The van der Waals surface area contributed by atoms with Gasteiger partial charge in [0.2, 0.25) is 0 Å². The third-order valence-electron chi connectivity index (χ3n) is 2.95. The van der Waals surface area contributed by atoms with Gasteiger partial charge in [0.25, 0.3) is 5.69 Å². The Morgan fingerprint density at radius 1 is 1.37 bits per heavy atom. The number of aliphatic hydroxyl groups excluding tert-OH is 2. The van der Waals surface area contributed by atoms with E-state index >= 15 is 0 Å². The topological polar surface area (TPSA) is 86.8 Å². The molecule has 6 heteroatoms. The van der Waals surface area contributed by atoms with Crippen molar-refractivity contribution in [2.75, 3.05) is 18.1 Å². The van der Waals surface area contributed by atoms with E-state index in [2.05, 4.69) is 0 Å². The summed E-state index contributed by atoms with van der Waals surface area (Å²) >= 11 is 0. The quantitative estimate of drug-likeness (QED) is 0.607. The second-order valence-corrected chi connectivity index (χ2v) is 4.69. The molecule has 6 nitrogen and oxygen atoms in total. The van der Waals surface area contributed by atoms with Crippen molar-refractivity contribution in [1.82, 2.24) is 0 Å². The van der Waals surface area contributed by atoms with E-state index in [1.165, 1.54) is 6.07 Å². The fourth-order valence-corrected chi connectivity index (χ4v) is 1.95. The van der Waals surface area contributed by atoms with Gasteiger partial charge >= 0.3 is 0 Å². The standard InChI is InChI=1S/C13H20N2O4/c1-9(2)14(6-7-16)12-5-4-11(10(3)17)8-13(12)15(18)19/h4-5,8-10,16-17H,6-7H2,1-3H3/t10-/m1/s1. The van der Waals surface area contributed by atoms with E-state index in [1.54, 1.807) is 24.0 Å². The summed E-state index contributed by atoms with van der Waals surface area (Å²) < 4.78 is 0. The van der Waals surface area contributed by atoms with Crippen LogP contribution in [0.5, 0.6) is 0 Å². The zero-order chi connectivity index (χ0) is 14.6. The van der Waals surface area contributed by atoms with E-state index in [9.17, 15) is 15.2 Å². The summed E-state index contributed by atoms with van der Waals surface area (Å²) in [4.78, 5) is 12.5.